The minimum absolute atomic E-state index is 0.0215. The van der Waals surface area contributed by atoms with Gasteiger partial charge in [-0.25, -0.2) is 13.6 Å². The first-order valence-electron chi connectivity index (χ1n) is 11.4. The molecule has 0 bridgehead atoms. The molecular weight excluding hydrogens is 562 g/mol. The van der Waals surface area contributed by atoms with Crippen LogP contribution in [0.15, 0.2) is 71.2 Å². The van der Waals surface area contributed by atoms with Gasteiger partial charge in [-0.15, -0.1) is 0 Å². The van der Waals surface area contributed by atoms with Crippen LogP contribution < -0.4 is 10.1 Å². The summed E-state index contributed by atoms with van der Waals surface area (Å²) in [5.41, 5.74) is 3.04. The van der Waals surface area contributed by atoms with E-state index in [1.165, 1.54) is 25.3 Å². The van der Waals surface area contributed by atoms with E-state index < -0.39 is 23.5 Å². The highest BCUT2D eigenvalue weighted by Crippen LogP contribution is 2.37. The predicted molar refractivity (Wildman–Crippen MR) is 142 cm³/mol. The number of methoxy groups -OCH3 is 1. The summed E-state index contributed by atoms with van der Waals surface area (Å²) < 4.78 is 40.9. The lowest BCUT2D eigenvalue weighted by Crippen LogP contribution is -2.17. The second kappa shape index (κ2) is 11.6. The molecule has 1 aromatic heterocycles. The van der Waals surface area contributed by atoms with Crippen LogP contribution in [0.5, 0.6) is 5.75 Å². The smallest absolute Gasteiger partial charge is 0.335 e. The fourth-order valence-electron chi connectivity index (χ4n) is 3.98. The van der Waals surface area contributed by atoms with Crippen molar-refractivity contribution in [2.45, 2.75) is 13.5 Å². The molecule has 0 spiro atoms. The molecule has 0 radical (unpaired) electrons. The van der Waals surface area contributed by atoms with Crippen molar-refractivity contribution < 1.29 is 33.0 Å². The number of hydrogen-bond acceptors (Lipinski definition) is 4. The van der Waals surface area contributed by atoms with Crippen LogP contribution >= 0.6 is 15.9 Å². The van der Waals surface area contributed by atoms with Crippen LogP contribution in [0, 0.1) is 18.6 Å². The van der Waals surface area contributed by atoms with Crippen LogP contribution in [0.1, 0.15) is 21.6 Å². The summed E-state index contributed by atoms with van der Waals surface area (Å²) in [4.78, 5) is 24.0. The van der Waals surface area contributed by atoms with Crippen LogP contribution in [-0.2, 0) is 16.1 Å². The first-order valence-corrected chi connectivity index (χ1v) is 12.2. The summed E-state index contributed by atoms with van der Waals surface area (Å²) in [7, 11) is 1.39. The molecular formula is C28H23BrF2N2O5. The molecule has 0 aliphatic heterocycles. The van der Waals surface area contributed by atoms with Crippen molar-refractivity contribution in [1.29, 1.82) is 0 Å². The molecule has 0 saturated carbocycles. The maximum absolute atomic E-state index is 14.2. The number of hydrogen-bond donors (Lipinski definition) is 2. The zero-order valence-corrected chi connectivity index (χ0v) is 22.0. The number of nitrogens with zero attached hydrogens (tertiary/aromatic N) is 1. The van der Waals surface area contributed by atoms with E-state index in [2.05, 4.69) is 21.2 Å². The standard InChI is InChI=1S/C28H23BrF2N2O5/c1-16-3-7-25(33(16)22-10-18(28(35)36)9-21(13-22)32-27(34)15-37-2)23-11-19(29)5-8-26(23)38-14-17-4-6-20(30)12-24(17)31/h3-13H,14-15H2,1-2H3,(H,32,34)(H,35,36). The molecule has 1 amide bonds. The molecule has 196 valence electrons. The lowest BCUT2D eigenvalue weighted by Gasteiger charge is -2.18. The Labute approximate surface area is 225 Å². The van der Waals surface area contributed by atoms with Gasteiger partial charge in [0.1, 0.15) is 30.6 Å². The topological polar surface area (TPSA) is 89.8 Å². The van der Waals surface area contributed by atoms with E-state index in [1.807, 2.05) is 29.7 Å². The quantitative estimate of drug-likeness (QED) is 0.239. The van der Waals surface area contributed by atoms with E-state index in [1.54, 1.807) is 18.2 Å². The summed E-state index contributed by atoms with van der Waals surface area (Å²) in [6.45, 7) is 1.53. The van der Waals surface area contributed by atoms with Gasteiger partial charge >= 0.3 is 5.97 Å². The molecule has 0 unspecified atom stereocenters. The van der Waals surface area contributed by atoms with Crippen molar-refractivity contribution in [3.05, 3.63) is 99.7 Å². The van der Waals surface area contributed by atoms with Crippen molar-refractivity contribution in [3.8, 4) is 22.7 Å². The van der Waals surface area contributed by atoms with Crippen molar-refractivity contribution in [2.75, 3.05) is 19.0 Å². The Bertz CT molecular complexity index is 1520. The Morgan fingerprint density at radius 3 is 2.53 bits per heavy atom. The van der Waals surface area contributed by atoms with E-state index in [-0.39, 0.29) is 24.3 Å². The number of carbonyl (C=O) groups excluding carboxylic acids is 1. The Morgan fingerprint density at radius 2 is 1.82 bits per heavy atom. The Morgan fingerprint density at radius 1 is 1.03 bits per heavy atom. The van der Waals surface area contributed by atoms with Crippen molar-refractivity contribution in [2.24, 2.45) is 0 Å². The zero-order chi connectivity index (χ0) is 27.4. The van der Waals surface area contributed by atoms with Crippen LogP contribution in [0.2, 0.25) is 0 Å². The van der Waals surface area contributed by atoms with E-state index >= 15 is 0 Å². The third kappa shape index (κ3) is 6.09. The van der Waals surface area contributed by atoms with Crippen molar-refractivity contribution >= 4 is 33.5 Å². The summed E-state index contributed by atoms with van der Waals surface area (Å²) in [6.07, 6.45) is 0. The number of anilines is 1. The van der Waals surface area contributed by atoms with Gasteiger partial charge in [0.25, 0.3) is 0 Å². The number of carbonyl (C=O) groups is 2. The molecule has 0 saturated heterocycles. The summed E-state index contributed by atoms with van der Waals surface area (Å²) >= 11 is 3.48. The van der Waals surface area contributed by atoms with Gasteiger partial charge in [-0.05, 0) is 67.6 Å². The maximum Gasteiger partial charge on any atom is 0.335 e. The number of rotatable bonds is 9. The van der Waals surface area contributed by atoms with Gasteiger partial charge in [-0.3, -0.25) is 4.79 Å². The summed E-state index contributed by atoms with van der Waals surface area (Å²) in [5, 5.41) is 12.3. The highest BCUT2D eigenvalue weighted by molar-refractivity contribution is 9.10. The van der Waals surface area contributed by atoms with E-state index in [9.17, 15) is 23.5 Å². The third-order valence-electron chi connectivity index (χ3n) is 5.67. The van der Waals surface area contributed by atoms with Gasteiger partial charge in [-0.1, -0.05) is 15.9 Å². The zero-order valence-electron chi connectivity index (χ0n) is 20.4. The fraction of sp³-hybridized carbons (Fsp3) is 0.143. The molecule has 0 fully saturated rings. The molecule has 0 aliphatic rings. The Balaban J connectivity index is 1.78. The molecule has 0 aliphatic carbocycles. The first kappa shape index (κ1) is 27.0. The minimum Gasteiger partial charge on any atom is -0.488 e. The number of ether oxygens (including phenoxy) is 2. The van der Waals surface area contributed by atoms with Gasteiger partial charge in [0, 0.05) is 45.8 Å². The van der Waals surface area contributed by atoms with Gasteiger partial charge < -0.3 is 24.5 Å². The largest absolute Gasteiger partial charge is 0.488 e. The number of aromatic carboxylic acids is 1. The lowest BCUT2D eigenvalue weighted by molar-refractivity contribution is -0.119. The number of carboxylic acid groups (broad SMARTS) is 1. The number of halogens is 3. The number of aryl methyl sites for hydroxylation is 1. The van der Waals surface area contributed by atoms with Crippen LogP contribution in [-0.4, -0.2) is 35.3 Å². The van der Waals surface area contributed by atoms with Gasteiger partial charge in [0.05, 0.1) is 11.3 Å². The molecule has 38 heavy (non-hydrogen) atoms. The second-order valence-electron chi connectivity index (χ2n) is 8.42. The summed E-state index contributed by atoms with van der Waals surface area (Å²) in [5.74, 6) is -2.55. The average Bonchev–Trinajstić information content (AvgIpc) is 3.25. The summed E-state index contributed by atoms with van der Waals surface area (Å²) in [6, 6.07) is 16.8. The molecule has 1 heterocycles. The first-order chi connectivity index (χ1) is 18.2. The normalized spacial score (nSPS) is 10.9. The van der Waals surface area contributed by atoms with Gasteiger partial charge in [0.15, 0.2) is 0 Å². The van der Waals surface area contributed by atoms with Crippen molar-refractivity contribution in [1.82, 2.24) is 4.57 Å². The average molecular weight is 585 g/mol. The van der Waals surface area contributed by atoms with Gasteiger partial charge in [0.2, 0.25) is 5.91 Å². The van der Waals surface area contributed by atoms with Crippen molar-refractivity contribution in [3.63, 3.8) is 0 Å². The molecule has 0 atom stereocenters. The molecule has 3 aromatic carbocycles. The number of aromatic nitrogens is 1. The number of nitrogens with one attached hydrogen (secondary N) is 1. The molecule has 7 nitrogen and oxygen atoms in total. The highest BCUT2D eigenvalue weighted by atomic mass is 79.9. The molecule has 10 heteroatoms. The number of benzene rings is 3. The van der Waals surface area contributed by atoms with E-state index in [0.717, 1.165) is 22.3 Å². The Hall–Kier alpha value is -4.02. The van der Waals surface area contributed by atoms with E-state index in [0.29, 0.717) is 28.4 Å². The Kier molecular flexibility index (Phi) is 8.23. The van der Waals surface area contributed by atoms with Crippen LogP contribution in [0.25, 0.3) is 16.9 Å². The second-order valence-corrected chi connectivity index (χ2v) is 9.33. The fourth-order valence-corrected chi connectivity index (χ4v) is 4.34. The number of carboxylic acids is 1. The predicted octanol–water partition coefficient (Wildman–Crippen LogP) is 6.36. The molecule has 4 aromatic rings. The lowest BCUT2D eigenvalue weighted by atomic mass is 10.1. The van der Waals surface area contributed by atoms with Gasteiger partial charge in [-0.2, -0.15) is 0 Å². The number of amides is 1. The third-order valence-corrected chi connectivity index (χ3v) is 6.17. The SMILES string of the molecule is COCC(=O)Nc1cc(C(=O)O)cc(-n2c(C)ccc2-c2cc(Br)ccc2OCc2ccc(F)cc2F)c1. The van der Waals surface area contributed by atoms with Crippen LogP contribution in [0.3, 0.4) is 0 Å². The molecule has 4 rings (SSSR count). The highest BCUT2D eigenvalue weighted by Gasteiger charge is 2.18. The van der Waals surface area contributed by atoms with E-state index in [4.69, 9.17) is 9.47 Å². The monoisotopic (exact) mass is 584 g/mol. The minimum atomic E-state index is -1.16. The maximum atomic E-state index is 14.2. The molecule has 2 N–H and O–H groups in total. The van der Waals surface area contributed by atoms with Crippen LogP contribution in [0.4, 0.5) is 14.5 Å².